The first-order valence-corrected chi connectivity index (χ1v) is 7.53. The second-order valence-electron chi connectivity index (χ2n) is 4.41. The Bertz CT molecular complexity index is 699. The van der Waals surface area contributed by atoms with Crippen molar-refractivity contribution in [1.29, 1.82) is 0 Å². The van der Waals surface area contributed by atoms with E-state index in [1.54, 1.807) is 19.2 Å². The summed E-state index contributed by atoms with van der Waals surface area (Å²) in [5, 5.41) is 0. The van der Waals surface area contributed by atoms with E-state index in [0.29, 0.717) is 12.2 Å². The smallest absolute Gasteiger partial charge is 0.337 e. The van der Waals surface area contributed by atoms with E-state index < -0.39 is 10.2 Å². The van der Waals surface area contributed by atoms with Crippen LogP contribution in [0.3, 0.4) is 0 Å². The quantitative estimate of drug-likeness (QED) is 0.811. The maximum atomic E-state index is 12.0. The highest BCUT2D eigenvalue weighted by Gasteiger charge is 2.52. The van der Waals surface area contributed by atoms with Gasteiger partial charge in [-0.05, 0) is 29.8 Å². The molecule has 0 saturated carbocycles. The van der Waals surface area contributed by atoms with Crippen LogP contribution in [0.5, 0.6) is 5.75 Å². The van der Waals surface area contributed by atoms with Crippen molar-refractivity contribution < 1.29 is 13.2 Å². The zero-order valence-corrected chi connectivity index (χ0v) is 11.7. The molecule has 1 atom stereocenters. The van der Waals surface area contributed by atoms with Crippen LogP contribution in [0, 0.1) is 0 Å². The molecule has 6 heteroatoms. The van der Waals surface area contributed by atoms with Crippen molar-refractivity contribution in [2.75, 3.05) is 11.5 Å². The van der Waals surface area contributed by atoms with E-state index in [-0.39, 0.29) is 0 Å². The Labute approximate surface area is 118 Å². The summed E-state index contributed by atoms with van der Waals surface area (Å²) in [5.41, 5.74) is 1.56. The molecule has 0 spiro atoms. The molecular weight excluding hydrogens is 276 g/mol. The van der Waals surface area contributed by atoms with Crippen LogP contribution in [0.25, 0.3) is 0 Å². The van der Waals surface area contributed by atoms with E-state index in [2.05, 4.69) is 0 Å². The molecule has 0 aliphatic carbocycles. The molecule has 0 bridgehead atoms. The molecule has 5 nitrogen and oxygen atoms in total. The van der Waals surface area contributed by atoms with Crippen molar-refractivity contribution in [1.82, 2.24) is 4.41 Å². The van der Waals surface area contributed by atoms with E-state index in [4.69, 9.17) is 4.74 Å². The highest BCUT2D eigenvalue weighted by Crippen LogP contribution is 2.36. The van der Waals surface area contributed by atoms with Gasteiger partial charge < -0.3 is 4.74 Å². The Morgan fingerprint density at radius 3 is 2.25 bits per heavy atom. The van der Waals surface area contributed by atoms with E-state index in [1.165, 1.54) is 8.83 Å². The standard InChI is InChI=1S/C14H14N2O3S/c1-19-14-9-7-12(8-10-14)11-15-16(20(15,17)18)13-5-3-2-4-6-13/h2-10H,11H2,1H3. The van der Waals surface area contributed by atoms with Gasteiger partial charge >= 0.3 is 10.2 Å². The van der Waals surface area contributed by atoms with E-state index in [0.717, 1.165) is 11.3 Å². The lowest BCUT2D eigenvalue weighted by atomic mass is 10.2. The van der Waals surface area contributed by atoms with Crippen LogP contribution in [-0.2, 0) is 16.8 Å². The minimum atomic E-state index is -3.33. The topological polar surface area (TPSA) is 49.4 Å². The Balaban J connectivity index is 1.78. The minimum Gasteiger partial charge on any atom is -0.497 e. The molecule has 0 amide bonds. The summed E-state index contributed by atoms with van der Waals surface area (Å²) in [4.78, 5) is 0. The first kappa shape index (κ1) is 13.0. The minimum absolute atomic E-state index is 0.321. The van der Waals surface area contributed by atoms with E-state index in [9.17, 15) is 8.42 Å². The van der Waals surface area contributed by atoms with Gasteiger partial charge in [-0.15, -0.1) is 0 Å². The predicted octanol–water partition coefficient (Wildman–Crippen LogP) is 2.18. The van der Waals surface area contributed by atoms with Crippen molar-refractivity contribution in [3.05, 3.63) is 60.2 Å². The third-order valence-corrected chi connectivity index (χ3v) is 4.64. The molecular formula is C14H14N2O3S. The van der Waals surface area contributed by atoms with Crippen LogP contribution >= 0.6 is 0 Å². The number of rotatable bonds is 4. The SMILES string of the molecule is COc1ccc(CN2N(c3ccccc3)S2(=O)=O)cc1. The monoisotopic (exact) mass is 290 g/mol. The molecule has 1 aliphatic rings. The van der Waals surface area contributed by atoms with Gasteiger partial charge in [-0.3, -0.25) is 0 Å². The van der Waals surface area contributed by atoms with Gasteiger partial charge in [0.25, 0.3) is 0 Å². The molecule has 1 fully saturated rings. The summed E-state index contributed by atoms with van der Waals surface area (Å²) in [6, 6.07) is 16.4. The van der Waals surface area contributed by atoms with Crippen molar-refractivity contribution >= 4 is 15.9 Å². The zero-order chi connectivity index (χ0) is 14.2. The second kappa shape index (κ2) is 4.81. The number of hydrazine groups is 1. The summed E-state index contributed by atoms with van der Waals surface area (Å²) >= 11 is 0. The van der Waals surface area contributed by atoms with Crippen molar-refractivity contribution in [3.63, 3.8) is 0 Å². The Kier molecular flexibility index (Phi) is 3.11. The molecule has 20 heavy (non-hydrogen) atoms. The number of hydrogen-bond donors (Lipinski definition) is 0. The average Bonchev–Trinajstić information content (AvgIpc) is 3.01. The number of para-hydroxylation sites is 1. The van der Waals surface area contributed by atoms with Crippen LogP contribution in [-0.4, -0.2) is 19.9 Å². The van der Waals surface area contributed by atoms with Gasteiger partial charge in [-0.1, -0.05) is 34.7 Å². The molecule has 0 N–H and O–H groups in total. The van der Waals surface area contributed by atoms with Crippen LogP contribution in [0.2, 0.25) is 0 Å². The Hall–Kier alpha value is -2.05. The van der Waals surface area contributed by atoms with Crippen molar-refractivity contribution in [2.24, 2.45) is 0 Å². The number of nitrogens with zero attached hydrogens (tertiary/aromatic N) is 2. The third-order valence-electron chi connectivity index (χ3n) is 3.12. The van der Waals surface area contributed by atoms with Crippen molar-refractivity contribution in [3.8, 4) is 5.75 Å². The summed E-state index contributed by atoms with van der Waals surface area (Å²) in [5.74, 6) is 0.752. The molecule has 2 aromatic rings. The van der Waals surface area contributed by atoms with Crippen LogP contribution in [0.4, 0.5) is 5.69 Å². The van der Waals surface area contributed by atoms with Crippen LogP contribution in [0.15, 0.2) is 54.6 Å². The fraction of sp³-hybridized carbons (Fsp3) is 0.143. The number of benzene rings is 2. The molecule has 1 aliphatic heterocycles. The predicted molar refractivity (Wildman–Crippen MR) is 76.4 cm³/mol. The van der Waals surface area contributed by atoms with Gasteiger partial charge in [-0.2, -0.15) is 12.8 Å². The van der Waals surface area contributed by atoms with Gasteiger partial charge in [0, 0.05) is 0 Å². The van der Waals surface area contributed by atoms with Gasteiger partial charge in [0.2, 0.25) is 0 Å². The summed E-state index contributed by atoms with van der Waals surface area (Å²) in [6.45, 7) is 0.321. The molecule has 3 rings (SSSR count). The molecule has 1 unspecified atom stereocenters. The molecule has 0 radical (unpaired) electrons. The average molecular weight is 290 g/mol. The molecule has 2 aromatic carbocycles. The maximum Gasteiger partial charge on any atom is 0.337 e. The highest BCUT2D eigenvalue weighted by molar-refractivity contribution is 7.96. The third kappa shape index (κ3) is 2.23. The van der Waals surface area contributed by atoms with E-state index >= 15 is 0 Å². The van der Waals surface area contributed by atoms with Crippen LogP contribution in [0.1, 0.15) is 5.56 Å². The largest absolute Gasteiger partial charge is 0.497 e. The number of ether oxygens (including phenoxy) is 1. The Morgan fingerprint density at radius 2 is 1.65 bits per heavy atom. The first-order chi connectivity index (χ1) is 9.63. The van der Waals surface area contributed by atoms with Crippen LogP contribution < -0.4 is 9.15 Å². The first-order valence-electron chi connectivity index (χ1n) is 6.14. The molecule has 0 aromatic heterocycles. The summed E-state index contributed by atoms with van der Waals surface area (Å²) in [7, 11) is -1.73. The second-order valence-corrected chi connectivity index (χ2v) is 6.08. The van der Waals surface area contributed by atoms with Gasteiger partial charge in [0.1, 0.15) is 5.75 Å². The lowest BCUT2D eigenvalue weighted by molar-refractivity contribution is 0.414. The summed E-state index contributed by atoms with van der Waals surface area (Å²) < 4.78 is 31.6. The lowest BCUT2D eigenvalue weighted by Gasteiger charge is -2.03. The molecule has 1 heterocycles. The van der Waals surface area contributed by atoms with Gasteiger partial charge in [0.15, 0.2) is 0 Å². The maximum absolute atomic E-state index is 12.0. The zero-order valence-electron chi connectivity index (χ0n) is 10.9. The fourth-order valence-corrected chi connectivity index (χ4v) is 3.41. The number of methoxy groups -OCH3 is 1. The lowest BCUT2D eigenvalue weighted by Crippen LogP contribution is -2.05. The van der Waals surface area contributed by atoms with Gasteiger partial charge in [-0.25, -0.2) is 0 Å². The number of anilines is 1. The molecule has 1 saturated heterocycles. The van der Waals surface area contributed by atoms with Gasteiger partial charge in [0.05, 0.1) is 19.3 Å². The number of hydrogen-bond acceptors (Lipinski definition) is 3. The van der Waals surface area contributed by atoms with E-state index in [1.807, 2.05) is 42.5 Å². The summed E-state index contributed by atoms with van der Waals surface area (Å²) in [6.07, 6.45) is 0. The normalized spacial score (nSPS) is 19.6. The Morgan fingerprint density at radius 1 is 1.00 bits per heavy atom. The van der Waals surface area contributed by atoms with Crippen molar-refractivity contribution in [2.45, 2.75) is 6.54 Å². The highest BCUT2D eigenvalue weighted by atomic mass is 32.2. The molecule has 104 valence electrons. The fourth-order valence-electron chi connectivity index (χ4n) is 2.03.